The molecule has 0 saturated carbocycles. The number of halogens is 4. The summed E-state index contributed by atoms with van der Waals surface area (Å²) in [5.41, 5.74) is -0.0417. The molecule has 2 rings (SSSR count). The molecule has 0 aliphatic carbocycles. The molecule has 0 radical (unpaired) electrons. The average Bonchev–Trinajstić information content (AvgIpc) is 2.52. The summed E-state index contributed by atoms with van der Waals surface area (Å²) in [6.07, 6.45) is -3.75. The van der Waals surface area contributed by atoms with E-state index in [9.17, 15) is 18.0 Å². The van der Waals surface area contributed by atoms with Crippen LogP contribution in [0.25, 0.3) is 0 Å². The van der Waals surface area contributed by atoms with Crippen molar-refractivity contribution >= 4 is 24.5 Å². The van der Waals surface area contributed by atoms with Gasteiger partial charge in [-0.25, -0.2) is 5.84 Å². The van der Waals surface area contributed by atoms with Gasteiger partial charge in [0.25, 0.3) is 0 Å². The van der Waals surface area contributed by atoms with Crippen LogP contribution < -0.4 is 10.7 Å². The van der Waals surface area contributed by atoms with Crippen molar-refractivity contribution in [3.8, 4) is 0 Å². The fourth-order valence-corrected chi connectivity index (χ4v) is 2.42. The molecular weight excluding hydrogens is 333 g/mol. The third-order valence-electron chi connectivity index (χ3n) is 3.72. The monoisotopic (exact) mass is 352 g/mol. The normalized spacial score (nSPS) is 15.9. The highest BCUT2D eigenvalue weighted by molar-refractivity contribution is 5.85. The smallest absolute Gasteiger partial charge is 0.369 e. The van der Waals surface area contributed by atoms with Crippen LogP contribution in [0.5, 0.6) is 0 Å². The molecule has 0 atom stereocenters. The van der Waals surface area contributed by atoms with Gasteiger partial charge in [0.15, 0.2) is 0 Å². The van der Waals surface area contributed by atoms with Crippen molar-refractivity contribution in [3.05, 3.63) is 29.8 Å². The molecule has 0 spiro atoms. The number of nitrogens with two attached hydrogens (primary N) is 1. The van der Waals surface area contributed by atoms with Crippen LogP contribution in [0.3, 0.4) is 0 Å². The molecule has 1 fully saturated rings. The summed E-state index contributed by atoms with van der Waals surface area (Å²) in [6.45, 7) is 3.84. The molecule has 0 aromatic heterocycles. The minimum Gasteiger partial charge on any atom is -0.369 e. The highest BCUT2D eigenvalue weighted by Crippen LogP contribution is 2.31. The summed E-state index contributed by atoms with van der Waals surface area (Å²) in [5, 5.41) is 1.08. The number of piperazine rings is 1. The number of hydrogen-bond donors (Lipinski definition) is 1. The molecule has 1 aliphatic rings. The first-order valence-electron chi connectivity index (χ1n) is 7.01. The zero-order valence-corrected chi connectivity index (χ0v) is 13.3. The van der Waals surface area contributed by atoms with E-state index in [4.69, 9.17) is 5.84 Å². The van der Waals surface area contributed by atoms with E-state index in [0.29, 0.717) is 38.3 Å². The number of carbonyl (C=O) groups is 1. The van der Waals surface area contributed by atoms with E-state index in [1.54, 1.807) is 6.07 Å². The second-order valence-corrected chi connectivity index (χ2v) is 5.22. The molecule has 1 saturated heterocycles. The van der Waals surface area contributed by atoms with Crippen LogP contribution in [0.2, 0.25) is 0 Å². The molecule has 1 aromatic rings. The van der Waals surface area contributed by atoms with Crippen molar-refractivity contribution in [1.29, 1.82) is 0 Å². The third kappa shape index (κ3) is 5.56. The second kappa shape index (κ2) is 8.37. The van der Waals surface area contributed by atoms with E-state index >= 15 is 0 Å². The highest BCUT2D eigenvalue weighted by Gasteiger charge is 2.31. The fourth-order valence-electron chi connectivity index (χ4n) is 2.42. The maximum Gasteiger partial charge on any atom is 0.416 e. The number of benzene rings is 1. The van der Waals surface area contributed by atoms with Crippen LogP contribution in [0.1, 0.15) is 5.56 Å². The van der Waals surface area contributed by atoms with Crippen molar-refractivity contribution in [1.82, 2.24) is 9.91 Å². The van der Waals surface area contributed by atoms with Gasteiger partial charge in [-0.15, -0.1) is 12.4 Å². The van der Waals surface area contributed by atoms with E-state index in [2.05, 4.69) is 4.90 Å². The van der Waals surface area contributed by atoms with Gasteiger partial charge in [0, 0.05) is 45.0 Å². The lowest BCUT2D eigenvalue weighted by atomic mass is 10.1. The summed E-state index contributed by atoms with van der Waals surface area (Å²) >= 11 is 0. The second-order valence-electron chi connectivity index (χ2n) is 5.22. The van der Waals surface area contributed by atoms with Gasteiger partial charge in [-0.1, -0.05) is 6.07 Å². The minimum atomic E-state index is -4.32. The molecule has 9 heteroatoms. The van der Waals surface area contributed by atoms with E-state index in [1.807, 2.05) is 4.90 Å². The SMILES string of the molecule is Cl.NN(C=O)CCN1CCN(c2cccc(C(F)(F)F)c2)CC1. The summed E-state index contributed by atoms with van der Waals surface area (Å²) < 4.78 is 38.2. The predicted octanol–water partition coefficient (Wildman–Crippen LogP) is 1.58. The van der Waals surface area contributed by atoms with Gasteiger partial charge >= 0.3 is 6.18 Å². The number of nitrogens with zero attached hydrogens (tertiary/aromatic N) is 3. The molecular formula is C14H20ClF3N4O. The Balaban J connectivity index is 0.00000264. The van der Waals surface area contributed by atoms with E-state index in [0.717, 1.165) is 24.2 Å². The highest BCUT2D eigenvalue weighted by atomic mass is 35.5. The Morgan fingerprint density at radius 2 is 1.87 bits per heavy atom. The number of anilines is 1. The molecule has 1 heterocycles. The Morgan fingerprint density at radius 1 is 1.22 bits per heavy atom. The maximum absolute atomic E-state index is 12.7. The first-order valence-corrected chi connectivity index (χ1v) is 7.01. The Kier molecular flexibility index (Phi) is 7.11. The molecule has 5 nitrogen and oxygen atoms in total. The average molecular weight is 353 g/mol. The van der Waals surface area contributed by atoms with Crippen LogP contribution >= 0.6 is 12.4 Å². The lowest BCUT2D eigenvalue weighted by Gasteiger charge is -2.36. The van der Waals surface area contributed by atoms with Crippen molar-refractivity contribution in [3.63, 3.8) is 0 Å². The predicted molar refractivity (Wildman–Crippen MR) is 84.3 cm³/mol. The number of amides is 1. The number of rotatable bonds is 5. The van der Waals surface area contributed by atoms with Crippen LogP contribution in [0, 0.1) is 0 Å². The van der Waals surface area contributed by atoms with Crippen LogP contribution in [-0.4, -0.2) is 55.6 Å². The molecule has 1 aliphatic heterocycles. The van der Waals surface area contributed by atoms with Crippen LogP contribution in [-0.2, 0) is 11.0 Å². The van der Waals surface area contributed by atoms with Gasteiger partial charge in [0.1, 0.15) is 0 Å². The topological polar surface area (TPSA) is 52.8 Å². The fraction of sp³-hybridized carbons (Fsp3) is 0.500. The largest absolute Gasteiger partial charge is 0.416 e. The van der Waals surface area contributed by atoms with Gasteiger partial charge < -0.3 is 4.90 Å². The minimum absolute atomic E-state index is 0. The number of carbonyl (C=O) groups excluding carboxylic acids is 1. The molecule has 130 valence electrons. The lowest BCUT2D eigenvalue weighted by molar-refractivity contribution is -0.137. The first kappa shape index (κ1) is 19.5. The van der Waals surface area contributed by atoms with Gasteiger partial charge in [0.05, 0.1) is 5.56 Å². The Bertz CT molecular complexity index is 507. The Hall–Kier alpha value is -1.51. The van der Waals surface area contributed by atoms with E-state index in [-0.39, 0.29) is 12.4 Å². The van der Waals surface area contributed by atoms with E-state index in [1.165, 1.54) is 12.1 Å². The molecule has 0 unspecified atom stereocenters. The summed E-state index contributed by atoms with van der Waals surface area (Å²) in [4.78, 5) is 14.5. The number of hydrogen-bond acceptors (Lipinski definition) is 4. The van der Waals surface area contributed by atoms with Crippen molar-refractivity contribution in [2.24, 2.45) is 5.84 Å². The van der Waals surface area contributed by atoms with Crippen molar-refractivity contribution in [2.45, 2.75) is 6.18 Å². The third-order valence-corrected chi connectivity index (χ3v) is 3.72. The number of alkyl halides is 3. The van der Waals surface area contributed by atoms with Gasteiger partial charge in [-0.3, -0.25) is 14.7 Å². The standard InChI is InChI=1S/C14H19F3N4O.ClH/c15-14(16,17)12-2-1-3-13(10-12)20-7-4-19(5-8-20)6-9-21(18)11-22;/h1-3,10-11H,4-9,18H2;1H. The van der Waals surface area contributed by atoms with Gasteiger partial charge in [-0.2, -0.15) is 13.2 Å². The molecule has 1 amide bonds. The first-order chi connectivity index (χ1) is 10.4. The Morgan fingerprint density at radius 3 is 2.43 bits per heavy atom. The zero-order valence-electron chi connectivity index (χ0n) is 12.5. The van der Waals surface area contributed by atoms with Crippen LogP contribution in [0.4, 0.5) is 18.9 Å². The van der Waals surface area contributed by atoms with Gasteiger partial charge in [0.2, 0.25) is 6.41 Å². The number of hydrazine groups is 1. The maximum atomic E-state index is 12.7. The van der Waals surface area contributed by atoms with Crippen LogP contribution in [0.15, 0.2) is 24.3 Å². The zero-order chi connectivity index (χ0) is 16.2. The quantitative estimate of drug-likeness (QED) is 0.378. The summed E-state index contributed by atoms with van der Waals surface area (Å²) in [6, 6.07) is 5.39. The van der Waals surface area contributed by atoms with Gasteiger partial charge in [-0.05, 0) is 18.2 Å². The lowest BCUT2D eigenvalue weighted by Crippen LogP contribution is -2.49. The summed E-state index contributed by atoms with van der Waals surface area (Å²) in [7, 11) is 0. The molecule has 1 aromatic carbocycles. The Labute approximate surface area is 139 Å². The van der Waals surface area contributed by atoms with E-state index < -0.39 is 11.7 Å². The molecule has 0 bridgehead atoms. The molecule has 2 N–H and O–H groups in total. The molecule has 23 heavy (non-hydrogen) atoms. The summed E-state index contributed by atoms with van der Waals surface area (Å²) in [5.74, 6) is 5.39. The van der Waals surface area contributed by atoms with Crippen molar-refractivity contribution < 1.29 is 18.0 Å². The van der Waals surface area contributed by atoms with Crippen molar-refractivity contribution in [2.75, 3.05) is 44.2 Å².